The number of aromatic nitrogens is 2. The van der Waals surface area contributed by atoms with Crippen LogP contribution in [-0.4, -0.2) is 34.9 Å². The maximum absolute atomic E-state index is 12.6. The van der Waals surface area contributed by atoms with Gasteiger partial charge in [-0.3, -0.25) is 14.9 Å². The highest BCUT2D eigenvalue weighted by atomic mass is 19.4. The molecular weight excluding hydrogens is 289 g/mol. The maximum atomic E-state index is 12.6. The first kappa shape index (κ1) is 13.8. The van der Waals surface area contributed by atoms with Crippen molar-refractivity contribution in [2.24, 2.45) is 5.41 Å². The Balaban J connectivity index is 1.84. The monoisotopic (exact) mass is 300 g/mol. The maximum Gasteiger partial charge on any atom is 0.433 e. The molecule has 1 atom stereocenters. The van der Waals surface area contributed by atoms with E-state index in [4.69, 9.17) is 0 Å². The zero-order valence-electron chi connectivity index (χ0n) is 10.8. The van der Waals surface area contributed by atoms with E-state index in [9.17, 15) is 22.8 Å². The van der Waals surface area contributed by atoms with E-state index in [-0.39, 0.29) is 30.7 Å². The Bertz CT molecular complexity index is 619. The molecule has 112 valence electrons. The lowest BCUT2D eigenvalue weighted by Crippen LogP contribution is -2.35. The number of alkyl halides is 3. The van der Waals surface area contributed by atoms with Gasteiger partial charge in [-0.15, -0.1) is 0 Å². The van der Waals surface area contributed by atoms with Gasteiger partial charge in [0, 0.05) is 25.7 Å². The van der Waals surface area contributed by atoms with Gasteiger partial charge in [-0.25, -0.2) is 9.97 Å². The van der Waals surface area contributed by atoms with Gasteiger partial charge in [-0.2, -0.15) is 13.2 Å². The molecule has 0 aliphatic carbocycles. The average molecular weight is 300 g/mol. The van der Waals surface area contributed by atoms with Crippen LogP contribution in [0.15, 0.2) is 12.3 Å². The second-order valence-electron chi connectivity index (χ2n) is 5.25. The Labute approximate surface area is 117 Å². The third-order valence-electron chi connectivity index (χ3n) is 3.80. The molecule has 0 radical (unpaired) electrons. The molecule has 6 nitrogen and oxygen atoms in total. The van der Waals surface area contributed by atoms with E-state index in [1.165, 1.54) is 4.90 Å². The molecule has 2 aliphatic heterocycles. The van der Waals surface area contributed by atoms with Crippen molar-refractivity contribution >= 4 is 17.8 Å². The van der Waals surface area contributed by atoms with Crippen LogP contribution in [-0.2, 0) is 15.8 Å². The van der Waals surface area contributed by atoms with Gasteiger partial charge in [0.1, 0.15) is 5.69 Å². The SMILES string of the molecule is O=C1CC2(CCN(c3nccc(C(F)(F)F)n3)C2)C(=O)N1. The number of imide groups is 1. The standard InChI is InChI=1S/C12H11F3N4O2/c13-12(14,15)7-1-3-16-10(17-7)19-4-2-11(6-19)5-8(20)18-9(11)21/h1,3H,2,4-6H2,(H,18,20,21). The van der Waals surface area contributed by atoms with Crippen LogP contribution in [0.3, 0.4) is 0 Å². The number of rotatable bonds is 1. The van der Waals surface area contributed by atoms with Crippen molar-refractivity contribution < 1.29 is 22.8 Å². The van der Waals surface area contributed by atoms with Crippen molar-refractivity contribution in [1.82, 2.24) is 15.3 Å². The molecule has 3 heterocycles. The zero-order chi connectivity index (χ0) is 15.3. The Kier molecular flexibility index (Phi) is 2.89. The van der Waals surface area contributed by atoms with Gasteiger partial charge in [-0.1, -0.05) is 0 Å². The average Bonchev–Trinajstić information content (AvgIpc) is 2.94. The number of carbonyl (C=O) groups is 2. The van der Waals surface area contributed by atoms with Crippen LogP contribution in [0.25, 0.3) is 0 Å². The molecule has 2 fully saturated rings. The summed E-state index contributed by atoms with van der Waals surface area (Å²) in [6.07, 6.45) is -3.06. The first-order valence-corrected chi connectivity index (χ1v) is 6.30. The largest absolute Gasteiger partial charge is 0.433 e. The summed E-state index contributed by atoms with van der Waals surface area (Å²) in [7, 11) is 0. The molecule has 21 heavy (non-hydrogen) atoms. The van der Waals surface area contributed by atoms with Crippen LogP contribution in [0.4, 0.5) is 19.1 Å². The molecule has 2 amide bonds. The van der Waals surface area contributed by atoms with Gasteiger partial charge in [0.25, 0.3) is 0 Å². The van der Waals surface area contributed by atoms with Crippen LogP contribution in [0.1, 0.15) is 18.5 Å². The lowest BCUT2D eigenvalue weighted by molar-refractivity contribution is -0.141. The number of hydrogen-bond acceptors (Lipinski definition) is 5. The fourth-order valence-corrected chi connectivity index (χ4v) is 2.72. The molecule has 0 saturated carbocycles. The second-order valence-corrected chi connectivity index (χ2v) is 5.25. The van der Waals surface area contributed by atoms with Gasteiger partial charge in [0.2, 0.25) is 17.8 Å². The lowest BCUT2D eigenvalue weighted by atomic mass is 9.85. The van der Waals surface area contributed by atoms with E-state index in [0.29, 0.717) is 13.0 Å². The van der Waals surface area contributed by atoms with Crippen molar-refractivity contribution in [3.05, 3.63) is 18.0 Å². The molecule has 2 aliphatic rings. The fourth-order valence-electron chi connectivity index (χ4n) is 2.72. The van der Waals surface area contributed by atoms with E-state index in [0.717, 1.165) is 12.3 Å². The lowest BCUT2D eigenvalue weighted by Gasteiger charge is -2.20. The third-order valence-corrected chi connectivity index (χ3v) is 3.80. The molecule has 3 rings (SSSR count). The summed E-state index contributed by atoms with van der Waals surface area (Å²) in [5, 5.41) is 2.23. The topological polar surface area (TPSA) is 75.2 Å². The number of nitrogens with zero attached hydrogens (tertiary/aromatic N) is 3. The Morgan fingerprint density at radius 3 is 2.71 bits per heavy atom. The number of anilines is 1. The molecule has 0 aromatic carbocycles. The smallest absolute Gasteiger partial charge is 0.340 e. The van der Waals surface area contributed by atoms with Crippen LogP contribution < -0.4 is 10.2 Å². The van der Waals surface area contributed by atoms with E-state index in [1.807, 2.05) is 0 Å². The van der Waals surface area contributed by atoms with Crippen LogP contribution >= 0.6 is 0 Å². The summed E-state index contributed by atoms with van der Waals surface area (Å²) in [4.78, 5) is 32.0. The summed E-state index contributed by atoms with van der Waals surface area (Å²) in [5.74, 6) is -0.803. The van der Waals surface area contributed by atoms with Crippen molar-refractivity contribution in [3.8, 4) is 0 Å². The third kappa shape index (κ3) is 2.32. The molecule has 2 saturated heterocycles. The summed E-state index contributed by atoms with van der Waals surface area (Å²) in [6, 6.07) is 0.793. The van der Waals surface area contributed by atoms with Crippen molar-refractivity contribution in [1.29, 1.82) is 0 Å². The van der Waals surface area contributed by atoms with Crippen molar-refractivity contribution in [2.75, 3.05) is 18.0 Å². The van der Waals surface area contributed by atoms with E-state index in [2.05, 4.69) is 15.3 Å². The Morgan fingerprint density at radius 2 is 2.10 bits per heavy atom. The van der Waals surface area contributed by atoms with E-state index < -0.39 is 17.3 Å². The molecule has 0 bridgehead atoms. The minimum absolute atomic E-state index is 0.0568. The second kappa shape index (κ2) is 4.40. The van der Waals surface area contributed by atoms with Crippen molar-refractivity contribution in [2.45, 2.75) is 19.0 Å². The summed E-state index contributed by atoms with van der Waals surface area (Å²) in [5.41, 5.74) is -1.89. The minimum Gasteiger partial charge on any atom is -0.340 e. The minimum atomic E-state index is -4.55. The number of amides is 2. The normalized spacial score (nSPS) is 25.8. The van der Waals surface area contributed by atoms with E-state index >= 15 is 0 Å². The number of carbonyl (C=O) groups excluding carboxylic acids is 2. The molecular formula is C12H11F3N4O2. The molecule has 1 aromatic heterocycles. The van der Waals surface area contributed by atoms with Gasteiger partial charge in [0.05, 0.1) is 5.41 Å². The molecule has 1 N–H and O–H groups in total. The first-order valence-electron chi connectivity index (χ1n) is 6.30. The van der Waals surface area contributed by atoms with Gasteiger partial charge >= 0.3 is 6.18 Å². The predicted molar refractivity (Wildman–Crippen MR) is 64.1 cm³/mol. The summed E-state index contributed by atoms with van der Waals surface area (Å²) in [6.45, 7) is 0.480. The number of halogens is 3. The van der Waals surface area contributed by atoms with Crippen LogP contribution in [0.2, 0.25) is 0 Å². The highest BCUT2D eigenvalue weighted by Crippen LogP contribution is 2.39. The van der Waals surface area contributed by atoms with Crippen molar-refractivity contribution in [3.63, 3.8) is 0 Å². The number of hydrogen-bond donors (Lipinski definition) is 1. The predicted octanol–water partition coefficient (Wildman–Crippen LogP) is 0.738. The summed E-state index contributed by atoms with van der Waals surface area (Å²) < 4.78 is 37.9. The molecule has 1 aromatic rings. The quantitative estimate of drug-likeness (QED) is 0.774. The first-order chi connectivity index (χ1) is 9.80. The van der Waals surface area contributed by atoms with Crippen LogP contribution in [0.5, 0.6) is 0 Å². The molecule has 1 spiro atoms. The Morgan fingerprint density at radius 1 is 1.33 bits per heavy atom. The zero-order valence-corrected chi connectivity index (χ0v) is 10.8. The van der Waals surface area contributed by atoms with Crippen LogP contribution in [0, 0.1) is 5.41 Å². The highest BCUT2D eigenvalue weighted by Gasteiger charge is 2.51. The summed E-state index contributed by atoms with van der Waals surface area (Å²) >= 11 is 0. The van der Waals surface area contributed by atoms with Gasteiger partial charge in [0.15, 0.2) is 0 Å². The highest BCUT2D eigenvalue weighted by molar-refractivity contribution is 6.06. The molecule has 9 heteroatoms. The van der Waals surface area contributed by atoms with E-state index in [1.54, 1.807) is 0 Å². The number of nitrogens with one attached hydrogen (secondary N) is 1. The van der Waals surface area contributed by atoms with Gasteiger partial charge in [-0.05, 0) is 12.5 Å². The van der Waals surface area contributed by atoms with Gasteiger partial charge < -0.3 is 4.90 Å². The Hall–Kier alpha value is -2.19. The fraction of sp³-hybridized carbons (Fsp3) is 0.500. The molecule has 1 unspecified atom stereocenters.